The molecule has 0 N–H and O–H groups in total. The molecule has 0 unspecified atom stereocenters. The van der Waals surface area contributed by atoms with Gasteiger partial charge in [-0.3, -0.25) is 4.79 Å². The first-order chi connectivity index (χ1) is 6.58. The van der Waals surface area contributed by atoms with Crippen LogP contribution in [0.25, 0.3) is 0 Å². The van der Waals surface area contributed by atoms with E-state index in [9.17, 15) is 18.0 Å². The zero-order valence-electron chi connectivity index (χ0n) is 8.03. The summed E-state index contributed by atoms with van der Waals surface area (Å²) in [7, 11) is 0. The van der Waals surface area contributed by atoms with Crippen molar-refractivity contribution in [3.63, 3.8) is 0 Å². The molecule has 0 radical (unpaired) electrons. The fraction of sp³-hybridized carbons (Fsp3) is 0.667. The SMILES string of the molecule is CC1(C)[C@H](C(=O)Cl)[C@@H]1/C=C(\Cl)C(F)(F)F. The number of carbonyl (C=O) groups excluding carboxylic acids is 1. The summed E-state index contributed by atoms with van der Waals surface area (Å²) in [6, 6.07) is 0. The second kappa shape index (κ2) is 3.67. The molecule has 0 heterocycles. The number of carbonyl (C=O) groups is 1. The number of hydrogen-bond acceptors (Lipinski definition) is 1. The van der Waals surface area contributed by atoms with Crippen LogP contribution in [0, 0.1) is 17.3 Å². The van der Waals surface area contributed by atoms with Gasteiger partial charge in [0.15, 0.2) is 0 Å². The van der Waals surface area contributed by atoms with Gasteiger partial charge < -0.3 is 0 Å². The Morgan fingerprint density at radius 2 is 1.80 bits per heavy atom. The Balaban J connectivity index is 2.83. The molecular weight excluding hydrogens is 252 g/mol. The van der Waals surface area contributed by atoms with Crippen molar-refractivity contribution in [1.82, 2.24) is 0 Å². The molecule has 1 aliphatic carbocycles. The molecule has 1 fully saturated rings. The highest BCUT2D eigenvalue weighted by Gasteiger charge is 2.60. The Kier molecular flexibility index (Phi) is 3.14. The van der Waals surface area contributed by atoms with Crippen LogP contribution in [0.2, 0.25) is 0 Å². The molecule has 1 nitrogen and oxygen atoms in total. The van der Waals surface area contributed by atoms with E-state index in [-0.39, 0.29) is 0 Å². The van der Waals surface area contributed by atoms with Crippen molar-refractivity contribution in [2.24, 2.45) is 17.3 Å². The van der Waals surface area contributed by atoms with Gasteiger partial charge >= 0.3 is 6.18 Å². The predicted octanol–water partition coefficient (Wildman–Crippen LogP) is 3.71. The second-order valence-electron chi connectivity index (χ2n) is 4.14. The van der Waals surface area contributed by atoms with E-state index in [1.807, 2.05) is 0 Å². The Bertz CT molecular complexity index is 320. The third-order valence-corrected chi connectivity index (χ3v) is 3.33. The largest absolute Gasteiger partial charge is 0.426 e. The summed E-state index contributed by atoms with van der Waals surface area (Å²) in [5.41, 5.74) is -0.537. The van der Waals surface area contributed by atoms with Crippen LogP contribution in [0.5, 0.6) is 0 Å². The first-order valence-corrected chi connectivity index (χ1v) is 4.98. The zero-order chi connectivity index (χ0) is 12.0. The third kappa shape index (κ3) is 2.48. The van der Waals surface area contributed by atoms with Crippen LogP contribution >= 0.6 is 23.2 Å². The van der Waals surface area contributed by atoms with Gasteiger partial charge in [0.25, 0.3) is 0 Å². The van der Waals surface area contributed by atoms with E-state index in [2.05, 4.69) is 0 Å². The van der Waals surface area contributed by atoms with Crippen molar-refractivity contribution in [1.29, 1.82) is 0 Å². The maximum Gasteiger partial charge on any atom is 0.426 e. The lowest BCUT2D eigenvalue weighted by atomic mass is 10.1. The van der Waals surface area contributed by atoms with Crippen molar-refractivity contribution >= 4 is 28.4 Å². The first-order valence-electron chi connectivity index (χ1n) is 4.22. The summed E-state index contributed by atoms with van der Waals surface area (Å²) in [4.78, 5) is 10.9. The van der Waals surface area contributed by atoms with Crippen LogP contribution in [0.4, 0.5) is 13.2 Å². The molecule has 0 aromatic rings. The van der Waals surface area contributed by atoms with Gasteiger partial charge in [0.1, 0.15) is 5.03 Å². The van der Waals surface area contributed by atoms with Gasteiger partial charge in [-0.15, -0.1) is 0 Å². The minimum Gasteiger partial charge on any atom is -0.281 e. The lowest BCUT2D eigenvalue weighted by molar-refractivity contribution is -0.113. The average molecular weight is 261 g/mol. The van der Waals surface area contributed by atoms with Gasteiger partial charge in [-0.1, -0.05) is 31.5 Å². The van der Waals surface area contributed by atoms with Crippen molar-refractivity contribution in [3.05, 3.63) is 11.1 Å². The highest BCUT2D eigenvalue weighted by Crippen LogP contribution is 2.60. The maximum absolute atomic E-state index is 12.1. The molecular formula is C9H9Cl2F3O. The Labute approximate surface area is 95.2 Å². The van der Waals surface area contributed by atoms with Gasteiger partial charge in [-0.2, -0.15) is 13.2 Å². The molecule has 2 atom stereocenters. The smallest absolute Gasteiger partial charge is 0.281 e. The number of hydrogen-bond donors (Lipinski definition) is 0. The lowest BCUT2D eigenvalue weighted by Crippen LogP contribution is -2.07. The Morgan fingerprint density at radius 3 is 2.07 bits per heavy atom. The lowest BCUT2D eigenvalue weighted by Gasteiger charge is -2.04. The standard InChI is InChI=1S/C9H9Cl2F3O/c1-8(2)4(6(8)7(11)15)3-5(10)9(12,13)14/h3-4,6H,1-2H3/b5-3-/t4-,6-/m0/s1. The highest BCUT2D eigenvalue weighted by molar-refractivity contribution is 6.64. The van der Waals surface area contributed by atoms with Crippen LogP contribution in [0.1, 0.15) is 13.8 Å². The minimum absolute atomic E-state index is 0.531. The maximum atomic E-state index is 12.1. The summed E-state index contributed by atoms with van der Waals surface area (Å²) in [5.74, 6) is -1.10. The van der Waals surface area contributed by atoms with E-state index in [0.717, 1.165) is 6.08 Å². The Hall–Kier alpha value is -0.220. The van der Waals surface area contributed by atoms with Crippen molar-refractivity contribution in [2.45, 2.75) is 20.0 Å². The molecule has 15 heavy (non-hydrogen) atoms. The number of alkyl halides is 3. The monoisotopic (exact) mass is 260 g/mol. The average Bonchev–Trinajstić information content (AvgIpc) is 2.50. The predicted molar refractivity (Wildman–Crippen MR) is 51.6 cm³/mol. The Morgan fingerprint density at radius 1 is 1.33 bits per heavy atom. The molecule has 0 saturated heterocycles. The minimum atomic E-state index is -4.56. The van der Waals surface area contributed by atoms with E-state index in [1.165, 1.54) is 0 Å². The van der Waals surface area contributed by atoms with Gasteiger partial charge in [0.05, 0.1) is 0 Å². The second-order valence-corrected chi connectivity index (χ2v) is 4.92. The summed E-state index contributed by atoms with van der Waals surface area (Å²) < 4.78 is 36.3. The molecule has 6 heteroatoms. The summed E-state index contributed by atoms with van der Waals surface area (Å²) in [5, 5.41) is -1.81. The molecule has 1 saturated carbocycles. The van der Waals surface area contributed by atoms with Crippen molar-refractivity contribution < 1.29 is 18.0 Å². The molecule has 0 spiro atoms. The molecule has 0 aromatic heterocycles. The van der Waals surface area contributed by atoms with Crippen LogP contribution in [0.15, 0.2) is 11.1 Å². The molecule has 1 rings (SSSR count). The van der Waals surface area contributed by atoms with Crippen molar-refractivity contribution in [3.8, 4) is 0 Å². The van der Waals surface area contributed by atoms with E-state index < -0.39 is 33.7 Å². The van der Waals surface area contributed by atoms with Crippen LogP contribution < -0.4 is 0 Å². The number of halogens is 5. The van der Waals surface area contributed by atoms with Gasteiger partial charge in [-0.05, 0) is 22.9 Å². The third-order valence-electron chi connectivity index (χ3n) is 2.75. The topological polar surface area (TPSA) is 17.1 Å². The first kappa shape index (κ1) is 12.8. The van der Waals surface area contributed by atoms with Crippen molar-refractivity contribution in [2.75, 3.05) is 0 Å². The van der Waals surface area contributed by atoms with Gasteiger partial charge in [0.2, 0.25) is 5.24 Å². The number of allylic oxidation sites excluding steroid dienone is 2. The summed E-state index contributed by atoms with van der Waals surface area (Å²) in [6.45, 7) is 3.36. The van der Waals surface area contributed by atoms with E-state index in [1.54, 1.807) is 13.8 Å². The van der Waals surface area contributed by atoms with E-state index in [0.29, 0.717) is 0 Å². The van der Waals surface area contributed by atoms with E-state index in [4.69, 9.17) is 23.2 Å². The zero-order valence-corrected chi connectivity index (χ0v) is 9.54. The highest BCUT2D eigenvalue weighted by atomic mass is 35.5. The normalized spacial score (nSPS) is 30.2. The molecule has 0 aromatic carbocycles. The van der Waals surface area contributed by atoms with E-state index >= 15 is 0 Å². The van der Waals surface area contributed by atoms with Crippen LogP contribution in [0.3, 0.4) is 0 Å². The van der Waals surface area contributed by atoms with Gasteiger partial charge in [0, 0.05) is 5.92 Å². The molecule has 86 valence electrons. The quantitative estimate of drug-likeness (QED) is 0.692. The van der Waals surface area contributed by atoms with Gasteiger partial charge in [-0.25, -0.2) is 0 Å². The fourth-order valence-electron chi connectivity index (χ4n) is 1.67. The summed E-state index contributed by atoms with van der Waals surface area (Å²) in [6.07, 6.45) is -3.69. The molecule has 0 aliphatic heterocycles. The summed E-state index contributed by atoms with van der Waals surface area (Å²) >= 11 is 10.3. The molecule has 0 amide bonds. The molecule has 0 bridgehead atoms. The fourth-order valence-corrected chi connectivity index (χ4v) is 2.23. The van der Waals surface area contributed by atoms with Crippen LogP contribution in [-0.4, -0.2) is 11.4 Å². The van der Waals surface area contributed by atoms with Crippen LogP contribution in [-0.2, 0) is 4.79 Å². The number of rotatable bonds is 2. The molecule has 1 aliphatic rings.